The van der Waals surface area contributed by atoms with Crippen LogP contribution in [0.4, 0.5) is 0 Å². The first-order chi connectivity index (χ1) is 9.32. The number of morpholine rings is 1. The van der Waals surface area contributed by atoms with Crippen molar-refractivity contribution in [3.63, 3.8) is 0 Å². The Balaban J connectivity index is 1.86. The molecule has 1 aliphatic heterocycles. The molecule has 1 N–H and O–H groups in total. The molecule has 4 nitrogen and oxygen atoms in total. The average Bonchev–Trinajstić information content (AvgIpc) is 2.72. The van der Waals surface area contributed by atoms with Crippen molar-refractivity contribution in [2.45, 2.75) is 65.5 Å². The summed E-state index contributed by atoms with van der Waals surface area (Å²) in [5.74, 6) is 1.04. The molecule has 0 spiro atoms. The SMILES string of the molecule is CC1CN(Cc2cc(CNC(C)(C)C)co2)CC(C)O1. The Bertz CT molecular complexity index is 412. The molecule has 2 atom stereocenters. The Hall–Kier alpha value is -0.840. The van der Waals surface area contributed by atoms with Gasteiger partial charge in [0, 0.05) is 30.7 Å². The van der Waals surface area contributed by atoms with Gasteiger partial charge in [-0.1, -0.05) is 0 Å². The third-order valence-electron chi connectivity index (χ3n) is 3.41. The maximum absolute atomic E-state index is 5.75. The van der Waals surface area contributed by atoms with E-state index in [1.807, 2.05) is 6.26 Å². The van der Waals surface area contributed by atoms with E-state index >= 15 is 0 Å². The molecule has 0 aromatic carbocycles. The molecule has 0 bridgehead atoms. The average molecular weight is 280 g/mol. The largest absolute Gasteiger partial charge is 0.468 e. The summed E-state index contributed by atoms with van der Waals surface area (Å²) >= 11 is 0. The second-order valence-corrected chi connectivity index (χ2v) is 6.98. The first-order valence-electron chi connectivity index (χ1n) is 7.51. The highest BCUT2D eigenvalue weighted by Crippen LogP contribution is 2.16. The van der Waals surface area contributed by atoms with E-state index in [9.17, 15) is 0 Å². The van der Waals surface area contributed by atoms with E-state index < -0.39 is 0 Å². The molecule has 1 aromatic heterocycles. The van der Waals surface area contributed by atoms with Gasteiger partial charge in [0.15, 0.2) is 0 Å². The Labute approximate surface area is 122 Å². The van der Waals surface area contributed by atoms with E-state index in [1.165, 1.54) is 5.56 Å². The zero-order chi connectivity index (χ0) is 14.8. The minimum absolute atomic E-state index is 0.131. The molecule has 114 valence electrons. The predicted molar refractivity (Wildman–Crippen MR) is 80.6 cm³/mol. The van der Waals surface area contributed by atoms with Crippen LogP contribution in [0.3, 0.4) is 0 Å². The molecule has 1 fully saturated rings. The smallest absolute Gasteiger partial charge is 0.118 e. The number of hydrogen-bond acceptors (Lipinski definition) is 4. The van der Waals surface area contributed by atoms with Crippen molar-refractivity contribution in [1.29, 1.82) is 0 Å². The van der Waals surface area contributed by atoms with Crippen molar-refractivity contribution >= 4 is 0 Å². The molecule has 0 saturated carbocycles. The Morgan fingerprint density at radius 1 is 1.25 bits per heavy atom. The topological polar surface area (TPSA) is 37.6 Å². The van der Waals surface area contributed by atoms with E-state index in [2.05, 4.69) is 50.9 Å². The van der Waals surface area contributed by atoms with Crippen molar-refractivity contribution in [2.75, 3.05) is 13.1 Å². The van der Waals surface area contributed by atoms with Crippen LogP contribution in [-0.2, 0) is 17.8 Å². The zero-order valence-electron chi connectivity index (χ0n) is 13.4. The fourth-order valence-electron chi connectivity index (χ4n) is 2.60. The summed E-state index contributed by atoms with van der Waals surface area (Å²) in [6.45, 7) is 14.4. The monoisotopic (exact) mass is 280 g/mol. The molecule has 1 saturated heterocycles. The van der Waals surface area contributed by atoms with Crippen LogP contribution in [0.15, 0.2) is 16.7 Å². The third-order valence-corrected chi connectivity index (χ3v) is 3.41. The standard InChI is InChI=1S/C16H28N2O2/c1-12-8-18(9-13(2)20-12)10-15-6-14(11-19-15)7-17-16(3,4)5/h6,11-13,17H,7-10H2,1-5H3. The number of furan rings is 1. The second kappa shape index (κ2) is 6.29. The van der Waals surface area contributed by atoms with E-state index in [0.29, 0.717) is 12.2 Å². The van der Waals surface area contributed by atoms with Crippen LogP contribution in [0.25, 0.3) is 0 Å². The van der Waals surface area contributed by atoms with Crippen molar-refractivity contribution in [3.8, 4) is 0 Å². The van der Waals surface area contributed by atoms with Gasteiger partial charge in [-0.05, 0) is 40.7 Å². The lowest BCUT2D eigenvalue weighted by Crippen LogP contribution is -2.44. The van der Waals surface area contributed by atoms with Crippen molar-refractivity contribution in [3.05, 3.63) is 23.7 Å². The van der Waals surface area contributed by atoms with Gasteiger partial charge >= 0.3 is 0 Å². The van der Waals surface area contributed by atoms with Crippen LogP contribution in [0.2, 0.25) is 0 Å². The van der Waals surface area contributed by atoms with Crippen molar-refractivity contribution < 1.29 is 9.15 Å². The highest BCUT2D eigenvalue weighted by atomic mass is 16.5. The van der Waals surface area contributed by atoms with Gasteiger partial charge in [0.05, 0.1) is 25.0 Å². The third kappa shape index (κ3) is 4.93. The van der Waals surface area contributed by atoms with Crippen molar-refractivity contribution in [1.82, 2.24) is 10.2 Å². The van der Waals surface area contributed by atoms with Gasteiger partial charge in [0.25, 0.3) is 0 Å². The maximum Gasteiger partial charge on any atom is 0.118 e. The molecule has 0 amide bonds. The Morgan fingerprint density at radius 3 is 2.50 bits per heavy atom. The maximum atomic E-state index is 5.75. The molecule has 1 aromatic rings. The van der Waals surface area contributed by atoms with Crippen LogP contribution in [-0.4, -0.2) is 35.7 Å². The number of rotatable bonds is 4. The van der Waals surface area contributed by atoms with Crippen LogP contribution in [0.5, 0.6) is 0 Å². The van der Waals surface area contributed by atoms with Gasteiger partial charge < -0.3 is 14.5 Å². The quantitative estimate of drug-likeness (QED) is 0.920. The predicted octanol–water partition coefficient (Wildman–Crippen LogP) is 2.78. The minimum atomic E-state index is 0.131. The fraction of sp³-hybridized carbons (Fsp3) is 0.750. The fourth-order valence-corrected chi connectivity index (χ4v) is 2.60. The summed E-state index contributed by atoms with van der Waals surface area (Å²) in [6.07, 6.45) is 2.47. The Kier molecular flexibility index (Phi) is 4.89. The first-order valence-corrected chi connectivity index (χ1v) is 7.51. The molecule has 0 aliphatic carbocycles. The van der Waals surface area contributed by atoms with Gasteiger partial charge in [-0.2, -0.15) is 0 Å². The molecule has 2 heterocycles. The number of nitrogens with one attached hydrogen (secondary N) is 1. The van der Waals surface area contributed by atoms with E-state index in [0.717, 1.165) is 31.9 Å². The van der Waals surface area contributed by atoms with Crippen molar-refractivity contribution in [2.24, 2.45) is 0 Å². The number of nitrogens with zero attached hydrogens (tertiary/aromatic N) is 1. The van der Waals surface area contributed by atoms with Crippen LogP contribution >= 0.6 is 0 Å². The minimum Gasteiger partial charge on any atom is -0.468 e. The summed E-state index contributed by atoms with van der Waals surface area (Å²) in [6, 6.07) is 2.16. The van der Waals surface area contributed by atoms with Gasteiger partial charge in [-0.25, -0.2) is 0 Å². The zero-order valence-corrected chi connectivity index (χ0v) is 13.4. The summed E-state index contributed by atoms with van der Waals surface area (Å²) in [5.41, 5.74) is 1.34. The van der Waals surface area contributed by atoms with Gasteiger partial charge in [0.2, 0.25) is 0 Å². The van der Waals surface area contributed by atoms with E-state index in [4.69, 9.17) is 9.15 Å². The van der Waals surface area contributed by atoms with Crippen LogP contribution < -0.4 is 5.32 Å². The molecule has 2 rings (SSSR count). The van der Waals surface area contributed by atoms with Crippen LogP contribution in [0.1, 0.15) is 45.9 Å². The second-order valence-electron chi connectivity index (χ2n) is 6.98. The van der Waals surface area contributed by atoms with Gasteiger partial charge in [-0.15, -0.1) is 0 Å². The van der Waals surface area contributed by atoms with E-state index in [-0.39, 0.29) is 5.54 Å². The summed E-state index contributed by atoms with van der Waals surface area (Å²) in [4.78, 5) is 2.40. The summed E-state index contributed by atoms with van der Waals surface area (Å²) in [5, 5.41) is 3.48. The molecule has 4 heteroatoms. The van der Waals surface area contributed by atoms with Gasteiger partial charge in [-0.3, -0.25) is 4.90 Å². The lowest BCUT2D eigenvalue weighted by Gasteiger charge is -2.34. The van der Waals surface area contributed by atoms with E-state index in [1.54, 1.807) is 0 Å². The molecule has 20 heavy (non-hydrogen) atoms. The number of ether oxygens (including phenoxy) is 1. The Morgan fingerprint density at radius 2 is 1.90 bits per heavy atom. The molecule has 2 unspecified atom stereocenters. The molecular weight excluding hydrogens is 252 g/mol. The van der Waals surface area contributed by atoms with Gasteiger partial charge in [0.1, 0.15) is 5.76 Å². The first kappa shape index (κ1) is 15.5. The molecule has 0 radical (unpaired) electrons. The lowest BCUT2D eigenvalue weighted by atomic mass is 10.1. The molecular formula is C16H28N2O2. The summed E-state index contributed by atoms with van der Waals surface area (Å²) in [7, 11) is 0. The summed E-state index contributed by atoms with van der Waals surface area (Å²) < 4.78 is 11.4. The highest BCUT2D eigenvalue weighted by molar-refractivity contribution is 5.13. The highest BCUT2D eigenvalue weighted by Gasteiger charge is 2.22. The van der Waals surface area contributed by atoms with Crippen LogP contribution in [0, 0.1) is 0 Å². The normalized spacial score (nSPS) is 25.1. The lowest BCUT2D eigenvalue weighted by molar-refractivity contribution is -0.0718. The molecule has 1 aliphatic rings. The number of hydrogen-bond donors (Lipinski definition) is 1.